The Morgan fingerprint density at radius 3 is 2.54 bits per heavy atom. The molecule has 1 saturated heterocycles. The molecule has 78 valence electrons. The highest BCUT2D eigenvalue weighted by Gasteiger charge is 2.27. The van der Waals surface area contributed by atoms with Gasteiger partial charge in [0.05, 0.1) is 5.60 Å². The second kappa shape index (κ2) is 4.97. The van der Waals surface area contributed by atoms with E-state index in [4.69, 9.17) is 0 Å². The zero-order valence-electron chi connectivity index (χ0n) is 8.97. The summed E-state index contributed by atoms with van der Waals surface area (Å²) in [5, 5.41) is 13.5. The lowest BCUT2D eigenvalue weighted by Gasteiger charge is -2.32. The van der Waals surface area contributed by atoms with Crippen LogP contribution in [0.2, 0.25) is 0 Å². The van der Waals surface area contributed by atoms with E-state index in [1.165, 1.54) is 12.8 Å². The molecule has 0 saturated carbocycles. The van der Waals surface area contributed by atoms with Crippen molar-refractivity contribution < 1.29 is 5.11 Å². The fourth-order valence-electron chi connectivity index (χ4n) is 2.17. The minimum absolute atomic E-state index is 0.399. The van der Waals surface area contributed by atoms with Gasteiger partial charge in [0.1, 0.15) is 0 Å². The Balaban J connectivity index is 2.35. The molecule has 1 fully saturated rings. The van der Waals surface area contributed by atoms with Crippen molar-refractivity contribution in [3.63, 3.8) is 0 Å². The molecule has 0 aromatic heterocycles. The average molecular weight is 185 g/mol. The molecule has 2 heteroatoms. The molecule has 0 amide bonds. The molecular formula is C11H23NO. The van der Waals surface area contributed by atoms with Crippen molar-refractivity contribution in [1.29, 1.82) is 0 Å². The number of piperidine rings is 1. The van der Waals surface area contributed by atoms with Crippen LogP contribution in [0.15, 0.2) is 0 Å². The van der Waals surface area contributed by atoms with Gasteiger partial charge in [-0.25, -0.2) is 0 Å². The van der Waals surface area contributed by atoms with E-state index in [1.54, 1.807) is 0 Å². The minimum atomic E-state index is -0.399. The highest BCUT2D eigenvalue weighted by atomic mass is 16.3. The predicted molar refractivity (Wildman–Crippen MR) is 55.7 cm³/mol. The van der Waals surface area contributed by atoms with Crippen LogP contribution in [0.5, 0.6) is 0 Å². The van der Waals surface area contributed by atoms with Crippen LogP contribution >= 0.6 is 0 Å². The fourth-order valence-corrected chi connectivity index (χ4v) is 2.17. The Morgan fingerprint density at radius 1 is 1.38 bits per heavy atom. The summed E-state index contributed by atoms with van der Waals surface area (Å²) in [6.45, 7) is 6.43. The first-order valence-corrected chi connectivity index (χ1v) is 5.63. The highest BCUT2D eigenvalue weighted by Crippen LogP contribution is 2.27. The van der Waals surface area contributed by atoms with E-state index < -0.39 is 5.60 Å². The average Bonchev–Trinajstić information content (AvgIpc) is 2.19. The molecule has 13 heavy (non-hydrogen) atoms. The second-order valence-electron chi connectivity index (χ2n) is 4.35. The third-order valence-electron chi connectivity index (χ3n) is 3.38. The maximum Gasteiger partial charge on any atom is 0.0645 e. The smallest absolute Gasteiger partial charge is 0.0645 e. The van der Waals surface area contributed by atoms with Crippen molar-refractivity contribution in [3.8, 4) is 0 Å². The van der Waals surface area contributed by atoms with Crippen molar-refractivity contribution in [2.75, 3.05) is 13.1 Å². The van der Waals surface area contributed by atoms with E-state index in [-0.39, 0.29) is 0 Å². The molecule has 2 N–H and O–H groups in total. The Labute approximate surface area is 81.7 Å². The van der Waals surface area contributed by atoms with Crippen LogP contribution in [-0.4, -0.2) is 23.8 Å². The molecule has 2 nitrogen and oxygen atoms in total. The van der Waals surface area contributed by atoms with Crippen molar-refractivity contribution in [1.82, 2.24) is 5.32 Å². The van der Waals surface area contributed by atoms with Gasteiger partial charge in [-0.3, -0.25) is 0 Å². The van der Waals surface area contributed by atoms with Gasteiger partial charge in [0.15, 0.2) is 0 Å². The molecule has 1 rings (SSSR count). The van der Waals surface area contributed by atoms with Gasteiger partial charge >= 0.3 is 0 Å². The monoisotopic (exact) mass is 185 g/mol. The van der Waals surface area contributed by atoms with Gasteiger partial charge in [-0.05, 0) is 51.1 Å². The fraction of sp³-hybridized carbons (Fsp3) is 1.00. The molecule has 0 aliphatic carbocycles. The molecule has 0 spiro atoms. The molecule has 0 radical (unpaired) electrons. The molecule has 0 bridgehead atoms. The van der Waals surface area contributed by atoms with E-state index in [2.05, 4.69) is 19.2 Å². The summed E-state index contributed by atoms with van der Waals surface area (Å²) in [7, 11) is 0. The quantitative estimate of drug-likeness (QED) is 0.701. The largest absolute Gasteiger partial charge is 0.390 e. The molecule has 1 heterocycles. The summed E-state index contributed by atoms with van der Waals surface area (Å²) >= 11 is 0. The van der Waals surface area contributed by atoms with Gasteiger partial charge in [-0.15, -0.1) is 0 Å². The number of nitrogens with one attached hydrogen (secondary N) is 1. The highest BCUT2D eigenvalue weighted by molar-refractivity contribution is 4.81. The molecular weight excluding hydrogens is 162 g/mol. The Morgan fingerprint density at radius 2 is 2.08 bits per heavy atom. The zero-order valence-corrected chi connectivity index (χ0v) is 8.97. The zero-order chi connectivity index (χ0) is 9.73. The van der Waals surface area contributed by atoms with Crippen LogP contribution in [-0.2, 0) is 0 Å². The van der Waals surface area contributed by atoms with Gasteiger partial charge in [0.25, 0.3) is 0 Å². The molecule has 0 aromatic rings. The lowest BCUT2D eigenvalue weighted by Crippen LogP contribution is -2.37. The molecule has 0 aromatic carbocycles. The van der Waals surface area contributed by atoms with Gasteiger partial charge in [-0.1, -0.05) is 13.8 Å². The summed E-state index contributed by atoms with van der Waals surface area (Å²) in [6, 6.07) is 0. The van der Waals surface area contributed by atoms with E-state index in [0.717, 1.165) is 32.4 Å². The molecule has 1 aliphatic rings. The summed E-state index contributed by atoms with van der Waals surface area (Å²) < 4.78 is 0. The maximum absolute atomic E-state index is 10.2. The van der Waals surface area contributed by atoms with Gasteiger partial charge < -0.3 is 10.4 Å². The van der Waals surface area contributed by atoms with Crippen molar-refractivity contribution in [3.05, 3.63) is 0 Å². The summed E-state index contributed by atoms with van der Waals surface area (Å²) in [4.78, 5) is 0. The van der Waals surface area contributed by atoms with E-state index in [0.29, 0.717) is 5.92 Å². The van der Waals surface area contributed by atoms with Crippen LogP contribution in [0, 0.1) is 5.92 Å². The van der Waals surface area contributed by atoms with Crippen LogP contribution in [0.4, 0.5) is 0 Å². The van der Waals surface area contributed by atoms with Crippen LogP contribution in [0.3, 0.4) is 0 Å². The number of rotatable bonds is 4. The topological polar surface area (TPSA) is 32.3 Å². The first kappa shape index (κ1) is 11.0. The van der Waals surface area contributed by atoms with Crippen molar-refractivity contribution in [2.24, 2.45) is 5.92 Å². The summed E-state index contributed by atoms with van der Waals surface area (Å²) in [6.07, 6.45) is 5.32. The Hall–Kier alpha value is -0.0800. The minimum Gasteiger partial charge on any atom is -0.390 e. The number of aliphatic hydroxyl groups is 1. The second-order valence-corrected chi connectivity index (χ2v) is 4.35. The summed E-state index contributed by atoms with van der Waals surface area (Å²) in [5.41, 5.74) is -0.399. The lowest BCUT2D eigenvalue weighted by molar-refractivity contribution is 0.00471. The number of hydrogen-bond acceptors (Lipinski definition) is 2. The molecule has 1 aliphatic heterocycles. The maximum atomic E-state index is 10.2. The Bertz CT molecular complexity index is 137. The molecule has 1 unspecified atom stereocenters. The lowest BCUT2D eigenvalue weighted by atomic mass is 9.83. The normalized spacial score (nSPS) is 24.7. The van der Waals surface area contributed by atoms with Crippen LogP contribution in [0.1, 0.15) is 46.0 Å². The van der Waals surface area contributed by atoms with Gasteiger partial charge in [0, 0.05) is 0 Å². The van der Waals surface area contributed by atoms with Gasteiger partial charge in [0.2, 0.25) is 0 Å². The first-order valence-electron chi connectivity index (χ1n) is 5.63. The standard InChI is InChI=1S/C11H23NO/c1-3-11(13,4-2)8-10-6-5-7-12-9-10/h10,12-13H,3-9H2,1-2H3. The summed E-state index contributed by atoms with van der Waals surface area (Å²) in [5.74, 6) is 0.693. The predicted octanol–water partition coefficient (Wildman–Crippen LogP) is 1.93. The Kier molecular flexibility index (Phi) is 4.20. The SMILES string of the molecule is CCC(O)(CC)CC1CCCNC1. The van der Waals surface area contributed by atoms with Crippen molar-refractivity contribution >= 4 is 0 Å². The third-order valence-corrected chi connectivity index (χ3v) is 3.38. The van der Waals surface area contributed by atoms with Gasteiger partial charge in [-0.2, -0.15) is 0 Å². The molecule has 1 atom stereocenters. The van der Waals surface area contributed by atoms with Crippen molar-refractivity contribution in [2.45, 2.75) is 51.6 Å². The third kappa shape index (κ3) is 3.28. The van der Waals surface area contributed by atoms with E-state index >= 15 is 0 Å². The van der Waals surface area contributed by atoms with Crippen LogP contribution < -0.4 is 5.32 Å². The number of hydrogen-bond donors (Lipinski definition) is 2. The first-order chi connectivity index (χ1) is 6.20. The van der Waals surface area contributed by atoms with E-state index in [1.807, 2.05) is 0 Å². The van der Waals surface area contributed by atoms with E-state index in [9.17, 15) is 5.11 Å². The van der Waals surface area contributed by atoms with Crippen LogP contribution in [0.25, 0.3) is 0 Å².